The molecular weight excluding hydrogens is 141 g/mol. The van der Waals surface area contributed by atoms with E-state index in [9.17, 15) is 18.3 Å². The molecule has 0 atom stereocenters. The molecule has 1 nitrogen and oxygen atoms in total. The van der Waals surface area contributed by atoms with Crippen molar-refractivity contribution in [3.63, 3.8) is 0 Å². The molecule has 0 aromatic rings. The van der Waals surface area contributed by atoms with Crippen LogP contribution in [0.15, 0.2) is 0 Å². The highest BCUT2D eigenvalue weighted by molar-refractivity contribution is 8.00. The Morgan fingerprint density at radius 1 is 1.38 bits per heavy atom. The quantitative estimate of drug-likeness (QED) is 0.578. The van der Waals surface area contributed by atoms with Crippen molar-refractivity contribution < 1.29 is 18.3 Å². The van der Waals surface area contributed by atoms with E-state index >= 15 is 0 Å². The van der Waals surface area contributed by atoms with Crippen LogP contribution in [0.2, 0.25) is 0 Å². The summed E-state index contributed by atoms with van der Waals surface area (Å²) in [6, 6.07) is 0. The van der Waals surface area contributed by atoms with Crippen molar-refractivity contribution in [1.82, 2.24) is 0 Å². The van der Waals surface area contributed by atoms with Crippen LogP contribution < -0.4 is 0 Å². The minimum absolute atomic E-state index is 0.279. The fraction of sp³-hybridized carbons (Fsp3) is 1.00. The molecule has 0 aromatic heterocycles. The molecule has 0 saturated heterocycles. The van der Waals surface area contributed by atoms with Gasteiger partial charge in [0.15, 0.2) is 0 Å². The Kier molecular flexibility index (Phi) is 3.23. The maximum Gasteiger partial charge on any atom is 0.441 e. The van der Waals surface area contributed by atoms with E-state index in [1.54, 1.807) is 0 Å². The number of hydrogen-bond donors (Lipinski definition) is 0. The number of hydrogen-bond acceptors (Lipinski definition) is 1. The van der Waals surface area contributed by atoms with E-state index in [4.69, 9.17) is 0 Å². The van der Waals surface area contributed by atoms with E-state index in [2.05, 4.69) is 0 Å². The molecule has 0 fully saturated rings. The number of rotatable bonds is 2. The van der Waals surface area contributed by atoms with Gasteiger partial charge in [-0.05, 0) is 11.8 Å². The van der Waals surface area contributed by atoms with Crippen molar-refractivity contribution in [1.29, 1.82) is 0 Å². The summed E-state index contributed by atoms with van der Waals surface area (Å²) in [5.74, 6) is -0.385. The summed E-state index contributed by atoms with van der Waals surface area (Å²) in [5, 5.41) is 9.46. The highest BCUT2D eigenvalue weighted by atomic mass is 32.2. The average molecular weight is 145 g/mol. The standard InChI is InChI=1S/C3H4F3OS/c4-3(5,6)8-2-1-7/h1-2H2. The zero-order valence-corrected chi connectivity index (χ0v) is 4.68. The van der Waals surface area contributed by atoms with Crippen LogP contribution in [-0.4, -0.2) is 17.9 Å². The Balaban J connectivity index is 3.11. The molecule has 0 heterocycles. The SMILES string of the molecule is [O]CCSC(F)(F)F. The highest BCUT2D eigenvalue weighted by Crippen LogP contribution is 2.29. The Morgan fingerprint density at radius 2 is 1.88 bits per heavy atom. The van der Waals surface area contributed by atoms with Crippen molar-refractivity contribution in [3.05, 3.63) is 0 Å². The van der Waals surface area contributed by atoms with Crippen LogP contribution in [0.4, 0.5) is 13.2 Å². The molecule has 0 bridgehead atoms. The summed E-state index contributed by atoms with van der Waals surface area (Å²) < 4.78 is 33.2. The Labute approximate surface area is 48.9 Å². The molecule has 0 unspecified atom stereocenters. The van der Waals surface area contributed by atoms with Gasteiger partial charge in [-0.3, -0.25) is 0 Å². The van der Waals surface area contributed by atoms with Gasteiger partial charge in [0, 0.05) is 5.75 Å². The summed E-state index contributed by atoms with van der Waals surface area (Å²) in [4.78, 5) is 0. The van der Waals surface area contributed by atoms with Gasteiger partial charge in [0.1, 0.15) is 0 Å². The fourth-order valence-electron chi connectivity index (χ4n) is 0.157. The van der Waals surface area contributed by atoms with E-state index < -0.39 is 12.1 Å². The normalized spacial score (nSPS) is 12.0. The van der Waals surface area contributed by atoms with Crippen molar-refractivity contribution >= 4 is 11.8 Å². The Hall–Kier alpha value is 0.100. The summed E-state index contributed by atoms with van der Waals surface area (Å²) in [7, 11) is 0. The molecule has 8 heavy (non-hydrogen) atoms. The molecule has 0 N–H and O–H groups in total. The summed E-state index contributed by atoms with van der Waals surface area (Å²) in [6.07, 6.45) is 0. The third kappa shape index (κ3) is 6.10. The lowest BCUT2D eigenvalue weighted by atomic mass is 10.9. The molecule has 0 aliphatic rings. The van der Waals surface area contributed by atoms with Crippen LogP contribution in [0.1, 0.15) is 0 Å². The Bertz CT molecular complexity index is 62.0. The molecule has 0 aliphatic heterocycles. The first-order valence-electron chi connectivity index (χ1n) is 1.85. The zero-order chi connectivity index (χ0) is 6.62. The molecule has 0 amide bonds. The first-order valence-corrected chi connectivity index (χ1v) is 2.83. The molecule has 0 saturated carbocycles. The summed E-state index contributed by atoms with van der Waals surface area (Å²) in [5.41, 5.74) is -4.23. The molecule has 0 spiro atoms. The van der Waals surface area contributed by atoms with E-state index in [1.807, 2.05) is 0 Å². The van der Waals surface area contributed by atoms with Gasteiger partial charge in [-0.1, -0.05) is 0 Å². The predicted molar refractivity (Wildman–Crippen MR) is 24.1 cm³/mol. The molecule has 0 rings (SSSR count). The van der Waals surface area contributed by atoms with Gasteiger partial charge < -0.3 is 0 Å². The van der Waals surface area contributed by atoms with Crippen LogP contribution in [0.3, 0.4) is 0 Å². The molecule has 1 radical (unpaired) electrons. The van der Waals surface area contributed by atoms with Gasteiger partial charge in [0.05, 0.1) is 6.61 Å². The van der Waals surface area contributed by atoms with Crippen LogP contribution in [-0.2, 0) is 5.11 Å². The first kappa shape index (κ1) is 8.10. The van der Waals surface area contributed by atoms with Crippen LogP contribution in [0.25, 0.3) is 0 Å². The van der Waals surface area contributed by atoms with E-state index in [1.165, 1.54) is 0 Å². The maximum atomic E-state index is 11.1. The zero-order valence-electron chi connectivity index (χ0n) is 3.86. The van der Waals surface area contributed by atoms with Crippen LogP contribution in [0, 0.1) is 0 Å². The van der Waals surface area contributed by atoms with Crippen molar-refractivity contribution in [2.45, 2.75) is 5.51 Å². The molecular formula is C3H4F3OS. The van der Waals surface area contributed by atoms with Gasteiger partial charge in [0.25, 0.3) is 0 Å². The van der Waals surface area contributed by atoms with Gasteiger partial charge >= 0.3 is 5.51 Å². The first-order chi connectivity index (χ1) is 3.56. The number of alkyl halides is 3. The third-order valence-corrected chi connectivity index (χ3v) is 1.05. The molecule has 5 heteroatoms. The largest absolute Gasteiger partial charge is 0.441 e. The minimum Gasteiger partial charge on any atom is -0.236 e. The smallest absolute Gasteiger partial charge is 0.236 e. The van der Waals surface area contributed by atoms with Gasteiger partial charge in [-0.15, -0.1) is 0 Å². The van der Waals surface area contributed by atoms with Crippen LogP contribution in [0.5, 0.6) is 0 Å². The van der Waals surface area contributed by atoms with Gasteiger partial charge in [-0.25, -0.2) is 5.11 Å². The monoisotopic (exact) mass is 145 g/mol. The number of thioether (sulfide) groups is 1. The van der Waals surface area contributed by atoms with Gasteiger partial charge in [-0.2, -0.15) is 13.2 Å². The van der Waals surface area contributed by atoms with Gasteiger partial charge in [0.2, 0.25) is 0 Å². The number of halogens is 3. The van der Waals surface area contributed by atoms with Crippen molar-refractivity contribution in [2.75, 3.05) is 12.4 Å². The fourth-order valence-corrected chi connectivity index (χ4v) is 0.472. The average Bonchev–Trinajstić information content (AvgIpc) is 1.59. The van der Waals surface area contributed by atoms with Crippen molar-refractivity contribution in [2.24, 2.45) is 0 Å². The second-order valence-electron chi connectivity index (χ2n) is 0.998. The van der Waals surface area contributed by atoms with E-state index in [0.29, 0.717) is 0 Å². The van der Waals surface area contributed by atoms with E-state index in [0.717, 1.165) is 0 Å². The minimum atomic E-state index is -4.23. The topological polar surface area (TPSA) is 19.9 Å². The lowest BCUT2D eigenvalue weighted by molar-refractivity contribution is -0.0331. The molecule has 0 aliphatic carbocycles. The second kappa shape index (κ2) is 3.19. The Morgan fingerprint density at radius 3 is 2.00 bits per heavy atom. The van der Waals surface area contributed by atoms with Crippen molar-refractivity contribution in [3.8, 4) is 0 Å². The van der Waals surface area contributed by atoms with Crippen LogP contribution >= 0.6 is 11.8 Å². The lowest BCUT2D eigenvalue weighted by Crippen LogP contribution is -2.02. The predicted octanol–water partition coefficient (Wildman–Crippen LogP) is 1.67. The highest BCUT2D eigenvalue weighted by Gasteiger charge is 2.27. The third-order valence-electron chi connectivity index (χ3n) is 0.349. The van der Waals surface area contributed by atoms with E-state index in [-0.39, 0.29) is 17.5 Å². The lowest BCUT2D eigenvalue weighted by Gasteiger charge is -2.00. The summed E-state index contributed by atoms with van der Waals surface area (Å²) in [6.45, 7) is -0.676. The molecule has 0 aromatic carbocycles. The second-order valence-corrected chi connectivity index (χ2v) is 2.16. The summed E-state index contributed by atoms with van der Waals surface area (Å²) >= 11 is -0.279. The maximum absolute atomic E-state index is 11.1. The molecule has 49 valence electrons.